The van der Waals surface area contributed by atoms with E-state index in [-0.39, 0.29) is 17.7 Å². The smallest absolute Gasteiger partial charge is 0.270 e. The molecule has 1 aliphatic heterocycles. The number of halogens is 1. The average Bonchev–Trinajstić information content (AvgIpc) is 3.32. The van der Waals surface area contributed by atoms with Gasteiger partial charge in [-0.25, -0.2) is 4.98 Å². The van der Waals surface area contributed by atoms with Gasteiger partial charge in [0.1, 0.15) is 11.4 Å². The topological polar surface area (TPSA) is 80.8 Å². The van der Waals surface area contributed by atoms with E-state index in [2.05, 4.69) is 24.1 Å². The predicted molar refractivity (Wildman–Crippen MR) is 139 cm³/mol. The summed E-state index contributed by atoms with van der Waals surface area (Å²) >= 11 is 7.71. The van der Waals surface area contributed by atoms with Crippen molar-refractivity contribution < 1.29 is 19.1 Å². The average molecular weight is 522 g/mol. The molecule has 7 nitrogen and oxygen atoms in total. The standard InChI is InChI=1S/C26H36ClN3O4S/c1-18(2)16-33-15-7-12-28-23(31)21-17-35-24(29-21)19-10-13-30(14-11-19)25(32)26(3,4)34-22-9-6-5-8-20(22)27/h5-6,8-9,17-19H,7,10-16H2,1-4H3,(H,28,31). The van der Waals surface area contributed by atoms with Crippen LogP contribution in [0.2, 0.25) is 5.02 Å². The molecular formula is C26H36ClN3O4S. The lowest BCUT2D eigenvalue weighted by atomic mass is 9.96. The maximum atomic E-state index is 13.2. The van der Waals surface area contributed by atoms with E-state index in [0.29, 0.717) is 48.6 Å². The lowest BCUT2D eigenvalue weighted by molar-refractivity contribution is -0.146. The fourth-order valence-corrected chi connectivity index (χ4v) is 5.07. The Balaban J connectivity index is 1.45. The minimum absolute atomic E-state index is 0.0625. The molecule has 0 aliphatic carbocycles. The van der Waals surface area contributed by atoms with Crippen LogP contribution in [-0.4, -0.2) is 60.1 Å². The van der Waals surface area contributed by atoms with Gasteiger partial charge in [0.05, 0.1) is 10.0 Å². The second kappa shape index (κ2) is 12.7. The van der Waals surface area contributed by atoms with Crippen LogP contribution in [0.3, 0.4) is 0 Å². The summed E-state index contributed by atoms with van der Waals surface area (Å²) in [4.78, 5) is 32.0. The molecule has 35 heavy (non-hydrogen) atoms. The maximum Gasteiger partial charge on any atom is 0.270 e. The highest BCUT2D eigenvalue weighted by molar-refractivity contribution is 7.09. The van der Waals surface area contributed by atoms with Gasteiger partial charge in [-0.15, -0.1) is 11.3 Å². The Morgan fingerprint density at radius 3 is 2.66 bits per heavy atom. The van der Waals surface area contributed by atoms with E-state index in [1.54, 1.807) is 26.0 Å². The molecule has 192 valence electrons. The van der Waals surface area contributed by atoms with Gasteiger partial charge in [0.25, 0.3) is 11.8 Å². The molecule has 2 amide bonds. The van der Waals surface area contributed by atoms with Gasteiger partial charge >= 0.3 is 0 Å². The third kappa shape index (κ3) is 7.92. The number of hydrogen-bond donors (Lipinski definition) is 1. The minimum atomic E-state index is -1.02. The van der Waals surface area contributed by atoms with Gasteiger partial charge in [0.15, 0.2) is 5.60 Å². The molecule has 1 aromatic carbocycles. The molecule has 0 spiro atoms. The van der Waals surface area contributed by atoms with Crippen molar-refractivity contribution in [2.45, 2.75) is 58.5 Å². The van der Waals surface area contributed by atoms with Gasteiger partial charge in [0, 0.05) is 44.1 Å². The highest BCUT2D eigenvalue weighted by Crippen LogP contribution is 2.33. The molecule has 0 saturated carbocycles. The Kier molecular flexibility index (Phi) is 9.95. The maximum absolute atomic E-state index is 13.2. The number of carbonyl (C=O) groups is 2. The number of likely N-dealkylation sites (tertiary alicyclic amines) is 1. The second-order valence-corrected chi connectivity index (χ2v) is 11.1. The quantitative estimate of drug-likeness (QED) is 0.413. The molecule has 0 unspecified atom stereocenters. The molecule has 1 fully saturated rings. The number of rotatable bonds is 11. The first-order chi connectivity index (χ1) is 16.7. The predicted octanol–water partition coefficient (Wildman–Crippen LogP) is 5.15. The number of thiazole rings is 1. The fraction of sp³-hybridized carbons (Fsp3) is 0.577. The number of piperidine rings is 1. The van der Waals surface area contributed by atoms with Crippen LogP contribution in [0.15, 0.2) is 29.6 Å². The van der Waals surface area contributed by atoms with Gasteiger partial charge in [-0.3, -0.25) is 9.59 Å². The molecular weight excluding hydrogens is 486 g/mol. The fourth-order valence-electron chi connectivity index (χ4n) is 3.92. The molecule has 0 atom stereocenters. The zero-order chi connectivity index (χ0) is 25.4. The first-order valence-electron chi connectivity index (χ1n) is 12.2. The van der Waals surface area contributed by atoms with Crippen LogP contribution in [0.25, 0.3) is 0 Å². The Bertz CT molecular complexity index is 986. The summed E-state index contributed by atoms with van der Waals surface area (Å²) in [6.45, 7) is 10.9. The van der Waals surface area contributed by atoms with Crippen LogP contribution < -0.4 is 10.1 Å². The normalized spacial score (nSPS) is 14.9. The van der Waals surface area contributed by atoms with Crippen LogP contribution in [0, 0.1) is 5.92 Å². The Labute approximate surface area is 217 Å². The van der Waals surface area contributed by atoms with Crippen LogP contribution in [0.1, 0.15) is 68.4 Å². The van der Waals surface area contributed by atoms with Crippen LogP contribution in [0.5, 0.6) is 5.75 Å². The van der Waals surface area contributed by atoms with Gasteiger partial charge in [-0.1, -0.05) is 37.6 Å². The van der Waals surface area contributed by atoms with Crippen molar-refractivity contribution in [2.24, 2.45) is 5.92 Å². The van der Waals surface area contributed by atoms with Gasteiger partial charge in [0.2, 0.25) is 0 Å². The van der Waals surface area contributed by atoms with E-state index in [1.807, 2.05) is 22.4 Å². The van der Waals surface area contributed by atoms with Crippen molar-refractivity contribution in [1.29, 1.82) is 0 Å². The molecule has 1 aliphatic rings. The van der Waals surface area contributed by atoms with E-state index in [9.17, 15) is 9.59 Å². The van der Waals surface area contributed by atoms with E-state index < -0.39 is 5.60 Å². The van der Waals surface area contributed by atoms with Crippen molar-refractivity contribution >= 4 is 34.8 Å². The van der Waals surface area contributed by atoms with Crippen molar-refractivity contribution in [3.8, 4) is 5.75 Å². The minimum Gasteiger partial charge on any atom is -0.476 e. The van der Waals surface area contributed by atoms with E-state index in [0.717, 1.165) is 30.9 Å². The molecule has 2 heterocycles. The lowest BCUT2D eigenvalue weighted by Gasteiger charge is -2.36. The third-order valence-electron chi connectivity index (χ3n) is 5.80. The summed E-state index contributed by atoms with van der Waals surface area (Å²) in [6.07, 6.45) is 2.38. The highest BCUT2D eigenvalue weighted by atomic mass is 35.5. The molecule has 3 rings (SSSR count). The Morgan fingerprint density at radius 1 is 1.26 bits per heavy atom. The summed E-state index contributed by atoms with van der Waals surface area (Å²) < 4.78 is 11.5. The van der Waals surface area contributed by atoms with Gasteiger partial charge < -0.3 is 19.7 Å². The van der Waals surface area contributed by atoms with Gasteiger partial charge in [-0.05, 0) is 51.2 Å². The number of nitrogens with one attached hydrogen (secondary N) is 1. The highest BCUT2D eigenvalue weighted by Gasteiger charge is 2.37. The van der Waals surface area contributed by atoms with Crippen molar-refractivity contribution in [3.05, 3.63) is 45.4 Å². The molecule has 1 N–H and O–H groups in total. The molecule has 0 radical (unpaired) electrons. The number of carbonyl (C=O) groups excluding carboxylic acids is 2. The number of para-hydroxylation sites is 1. The van der Waals surface area contributed by atoms with Crippen molar-refractivity contribution in [1.82, 2.24) is 15.2 Å². The summed E-state index contributed by atoms with van der Waals surface area (Å²) in [5, 5.41) is 6.17. The second-order valence-electron chi connectivity index (χ2n) is 9.76. The SMILES string of the molecule is CC(C)COCCCNC(=O)c1csc(C2CCN(C(=O)C(C)(C)Oc3ccccc3Cl)CC2)n1. The van der Waals surface area contributed by atoms with E-state index >= 15 is 0 Å². The molecule has 0 bridgehead atoms. The lowest BCUT2D eigenvalue weighted by Crippen LogP contribution is -2.51. The van der Waals surface area contributed by atoms with Crippen LogP contribution >= 0.6 is 22.9 Å². The van der Waals surface area contributed by atoms with E-state index in [4.69, 9.17) is 21.1 Å². The number of ether oxygens (including phenoxy) is 2. The number of aromatic nitrogens is 1. The van der Waals surface area contributed by atoms with Gasteiger partial charge in [-0.2, -0.15) is 0 Å². The Morgan fingerprint density at radius 2 is 1.97 bits per heavy atom. The van der Waals surface area contributed by atoms with Crippen LogP contribution in [-0.2, 0) is 9.53 Å². The van der Waals surface area contributed by atoms with Crippen molar-refractivity contribution in [3.63, 3.8) is 0 Å². The van der Waals surface area contributed by atoms with Crippen molar-refractivity contribution in [2.75, 3.05) is 32.8 Å². The Hall–Kier alpha value is -2.16. The number of nitrogens with zero attached hydrogens (tertiary/aromatic N) is 2. The monoisotopic (exact) mass is 521 g/mol. The molecule has 2 aromatic rings. The summed E-state index contributed by atoms with van der Waals surface area (Å²) in [6, 6.07) is 7.17. The van der Waals surface area contributed by atoms with Crippen LogP contribution in [0.4, 0.5) is 0 Å². The molecule has 1 saturated heterocycles. The first kappa shape index (κ1) is 27.4. The number of benzene rings is 1. The summed E-state index contributed by atoms with van der Waals surface area (Å²) in [7, 11) is 0. The van der Waals surface area contributed by atoms with E-state index in [1.165, 1.54) is 11.3 Å². The summed E-state index contributed by atoms with van der Waals surface area (Å²) in [5.41, 5.74) is -0.565. The zero-order valence-corrected chi connectivity index (χ0v) is 22.6. The number of hydrogen-bond acceptors (Lipinski definition) is 6. The summed E-state index contributed by atoms with van der Waals surface area (Å²) in [5.74, 6) is 1.04. The largest absolute Gasteiger partial charge is 0.476 e. The third-order valence-corrected chi connectivity index (χ3v) is 7.12. The molecule has 9 heteroatoms. The first-order valence-corrected chi connectivity index (χ1v) is 13.5. The number of amides is 2. The zero-order valence-electron chi connectivity index (χ0n) is 21.0. The molecule has 1 aromatic heterocycles.